The van der Waals surface area contributed by atoms with E-state index >= 15 is 0 Å². The van der Waals surface area contributed by atoms with Gasteiger partial charge in [-0.25, -0.2) is 4.79 Å². The number of nitrogens with one attached hydrogen (secondary N) is 2. The van der Waals surface area contributed by atoms with Gasteiger partial charge in [0.25, 0.3) is 0 Å². The van der Waals surface area contributed by atoms with Gasteiger partial charge in [-0.05, 0) is 36.4 Å². The first-order valence-corrected chi connectivity index (χ1v) is 9.24. The first-order chi connectivity index (χ1) is 13.0. The number of para-hydroxylation sites is 1. The Balaban J connectivity index is 1.48. The fourth-order valence-electron chi connectivity index (χ4n) is 2.94. The van der Waals surface area contributed by atoms with E-state index in [2.05, 4.69) is 10.6 Å². The molecule has 27 heavy (non-hydrogen) atoms. The van der Waals surface area contributed by atoms with Crippen LogP contribution in [0.4, 0.5) is 16.2 Å². The zero-order chi connectivity index (χ0) is 19.2. The van der Waals surface area contributed by atoms with E-state index in [-0.39, 0.29) is 18.0 Å². The maximum Gasteiger partial charge on any atom is 0.321 e. The summed E-state index contributed by atoms with van der Waals surface area (Å²) in [6.07, 6.45) is 1.55. The monoisotopic (exact) mass is 387 g/mol. The zero-order valence-electron chi connectivity index (χ0n) is 15.1. The van der Waals surface area contributed by atoms with Gasteiger partial charge in [0.15, 0.2) is 0 Å². The second-order valence-corrected chi connectivity index (χ2v) is 6.83. The number of amides is 3. The van der Waals surface area contributed by atoms with Gasteiger partial charge in [0, 0.05) is 44.2 Å². The predicted octanol–water partition coefficient (Wildman–Crippen LogP) is 4.37. The standard InChI is InChI=1S/C20H22ClN3O3/c1-14(25)22-15-6-8-16(9-7-15)23-20(26)24-12-10-17(11-13-24)27-19-5-3-2-4-18(19)21/h2-9,17H,10-13H2,1H3,(H,22,25)(H,23,26). The summed E-state index contributed by atoms with van der Waals surface area (Å²) < 4.78 is 5.95. The molecule has 0 radical (unpaired) electrons. The maximum absolute atomic E-state index is 12.4. The predicted molar refractivity (Wildman–Crippen MR) is 106 cm³/mol. The van der Waals surface area contributed by atoms with Gasteiger partial charge in [-0.15, -0.1) is 0 Å². The molecule has 1 aliphatic heterocycles. The second kappa shape index (κ2) is 8.77. The molecule has 0 unspecified atom stereocenters. The van der Waals surface area contributed by atoms with Crippen LogP contribution >= 0.6 is 11.6 Å². The van der Waals surface area contributed by atoms with Gasteiger partial charge in [0.2, 0.25) is 5.91 Å². The molecule has 142 valence electrons. The van der Waals surface area contributed by atoms with Gasteiger partial charge in [0.1, 0.15) is 11.9 Å². The van der Waals surface area contributed by atoms with E-state index in [1.165, 1.54) is 6.92 Å². The SMILES string of the molecule is CC(=O)Nc1ccc(NC(=O)N2CCC(Oc3ccccc3Cl)CC2)cc1. The smallest absolute Gasteiger partial charge is 0.321 e. The van der Waals surface area contributed by atoms with E-state index in [1.807, 2.05) is 18.2 Å². The van der Waals surface area contributed by atoms with Crippen LogP contribution in [-0.2, 0) is 4.79 Å². The van der Waals surface area contributed by atoms with Crippen molar-refractivity contribution in [1.82, 2.24) is 4.90 Å². The van der Waals surface area contributed by atoms with Crippen LogP contribution in [0.3, 0.4) is 0 Å². The molecule has 6 nitrogen and oxygen atoms in total. The number of hydrogen-bond donors (Lipinski definition) is 2. The van der Waals surface area contributed by atoms with Crippen LogP contribution in [0.15, 0.2) is 48.5 Å². The van der Waals surface area contributed by atoms with Crippen molar-refractivity contribution in [2.24, 2.45) is 0 Å². The molecule has 1 fully saturated rings. The van der Waals surface area contributed by atoms with Crippen molar-refractivity contribution in [2.75, 3.05) is 23.7 Å². The Bertz CT molecular complexity index is 802. The van der Waals surface area contributed by atoms with E-state index in [4.69, 9.17) is 16.3 Å². The van der Waals surface area contributed by atoms with Crippen molar-refractivity contribution in [2.45, 2.75) is 25.9 Å². The average Bonchev–Trinajstić information content (AvgIpc) is 2.65. The molecule has 0 aromatic heterocycles. The van der Waals surface area contributed by atoms with Crippen LogP contribution in [0.2, 0.25) is 5.02 Å². The molecule has 3 rings (SSSR count). The number of anilines is 2. The lowest BCUT2D eigenvalue weighted by molar-refractivity contribution is -0.114. The minimum atomic E-state index is -0.140. The average molecular weight is 388 g/mol. The first-order valence-electron chi connectivity index (χ1n) is 8.86. The highest BCUT2D eigenvalue weighted by atomic mass is 35.5. The molecule has 2 N–H and O–H groups in total. The number of urea groups is 1. The zero-order valence-corrected chi connectivity index (χ0v) is 15.8. The summed E-state index contributed by atoms with van der Waals surface area (Å²) in [5, 5.41) is 6.17. The van der Waals surface area contributed by atoms with Crippen molar-refractivity contribution in [3.05, 3.63) is 53.6 Å². The molecular weight excluding hydrogens is 366 g/mol. The Morgan fingerprint density at radius 1 is 1.00 bits per heavy atom. The third-order valence-corrected chi connectivity index (χ3v) is 4.63. The van der Waals surface area contributed by atoms with Gasteiger partial charge >= 0.3 is 6.03 Å². The van der Waals surface area contributed by atoms with Crippen LogP contribution in [0.1, 0.15) is 19.8 Å². The van der Waals surface area contributed by atoms with Crippen LogP contribution in [0, 0.1) is 0 Å². The van der Waals surface area contributed by atoms with E-state index in [0.29, 0.717) is 35.2 Å². The highest BCUT2D eigenvalue weighted by Gasteiger charge is 2.24. The number of carbonyl (C=O) groups excluding carboxylic acids is 2. The van der Waals surface area contributed by atoms with Crippen LogP contribution in [0.25, 0.3) is 0 Å². The number of rotatable bonds is 4. The van der Waals surface area contributed by atoms with Crippen molar-refractivity contribution >= 4 is 34.9 Å². The topological polar surface area (TPSA) is 70.7 Å². The van der Waals surface area contributed by atoms with Gasteiger partial charge in [-0.2, -0.15) is 0 Å². The van der Waals surface area contributed by atoms with Gasteiger partial charge in [-0.3, -0.25) is 4.79 Å². The highest BCUT2D eigenvalue weighted by molar-refractivity contribution is 6.32. The molecule has 0 saturated carbocycles. The minimum absolute atomic E-state index is 0.0471. The summed E-state index contributed by atoms with van der Waals surface area (Å²) in [4.78, 5) is 25.2. The summed E-state index contributed by atoms with van der Waals surface area (Å²) in [6.45, 7) is 2.69. The molecule has 0 spiro atoms. The van der Waals surface area contributed by atoms with Crippen LogP contribution < -0.4 is 15.4 Å². The van der Waals surface area contributed by atoms with Crippen LogP contribution in [-0.4, -0.2) is 36.0 Å². The number of ether oxygens (including phenoxy) is 1. The van der Waals surface area contributed by atoms with Gasteiger partial charge in [-0.1, -0.05) is 23.7 Å². The van der Waals surface area contributed by atoms with E-state index < -0.39 is 0 Å². The van der Waals surface area contributed by atoms with Crippen molar-refractivity contribution in [3.8, 4) is 5.75 Å². The summed E-state index contributed by atoms with van der Waals surface area (Å²) in [7, 11) is 0. The lowest BCUT2D eigenvalue weighted by atomic mass is 10.1. The molecule has 3 amide bonds. The molecule has 0 bridgehead atoms. The van der Waals surface area contributed by atoms with Crippen molar-refractivity contribution in [3.63, 3.8) is 0 Å². The van der Waals surface area contributed by atoms with E-state index in [9.17, 15) is 9.59 Å². The van der Waals surface area contributed by atoms with E-state index in [0.717, 1.165) is 12.8 Å². The maximum atomic E-state index is 12.4. The third-order valence-electron chi connectivity index (χ3n) is 4.32. The normalized spacial score (nSPS) is 14.5. The minimum Gasteiger partial charge on any atom is -0.489 e. The quantitative estimate of drug-likeness (QED) is 0.818. The Kier molecular flexibility index (Phi) is 6.19. The molecular formula is C20H22ClN3O3. The Morgan fingerprint density at radius 3 is 2.19 bits per heavy atom. The largest absolute Gasteiger partial charge is 0.489 e. The first kappa shape index (κ1) is 19.0. The fourth-order valence-corrected chi connectivity index (χ4v) is 3.12. The summed E-state index contributed by atoms with van der Waals surface area (Å²) in [6, 6.07) is 14.3. The molecule has 1 heterocycles. The highest BCUT2D eigenvalue weighted by Crippen LogP contribution is 2.27. The van der Waals surface area contributed by atoms with Crippen molar-refractivity contribution < 1.29 is 14.3 Å². The Labute approximate surface area is 163 Å². The van der Waals surface area contributed by atoms with Crippen LogP contribution in [0.5, 0.6) is 5.75 Å². The lowest BCUT2D eigenvalue weighted by Gasteiger charge is -2.32. The summed E-state index contributed by atoms with van der Waals surface area (Å²) >= 11 is 6.13. The summed E-state index contributed by atoms with van der Waals surface area (Å²) in [5.74, 6) is 0.551. The molecule has 0 aliphatic carbocycles. The van der Waals surface area contributed by atoms with E-state index in [1.54, 1.807) is 35.2 Å². The number of piperidine rings is 1. The number of carbonyl (C=O) groups is 2. The third kappa shape index (κ3) is 5.37. The summed E-state index contributed by atoms with van der Waals surface area (Å²) in [5.41, 5.74) is 1.38. The number of nitrogens with zero attached hydrogens (tertiary/aromatic N) is 1. The molecule has 2 aromatic rings. The number of benzene rings is 2. The second-order valence-electron chi connectivity index (χ2n) is 6.42. The van der Waals surface area contributed by atoms with Gasteiger partial charge < -0.3 is 20.3 Å². The molecule has 2 aromatic carbocycles. The lowest BCUT2D eigenvalue weighted by Crippen LogP contribution is -2.43. The molecule has 7 heteroatoms. The Morgan fingerprint density at radius 2 is 1.59 bits per heavy atom. The molecule has 1 aliphatic rings. The van der Waals surface area contributed by atoms with Gasteiger partial charge in [0.05, 0.1) is 5.02 Å². The fraction of sp³-hybridized carbons (Fsp3) is 0.300. The number of likely N-dealkylation sites (tertiary alicyclic amines) is 1. The Hall–Kier alpha value is -2.73. The molecule has 1 saturated heterocycles. The number of hydrogen-bond acceptors (Lipinski definition) is 3. The molecule has 0 atom stereocenters. The number of halogens is 1. The van der Waals surface area contributed by atoms with Crippen molar-refractivity contribution in [1.29, 1.82) is 0 Å².